The Morgan fingerprint density at radius 3 is 2.71 bits per heavy atom. The summed E-state index contributed by atoms with van der Waals surface area (Å²) >= 11 is 0. The zero-order valence-corrected chi connectivity index (χ0v) is 14.9. The molecule has 2 fully saturated rings. The molecule has 5 nitrogen and oxygen atoms in total. The first-order valence-electron chi connectivity index (χ1n) is 9.31. The number of ether oxygens (including phenoxy) is 1. The van der Waals surface area contributed by atoms with Gasteiger partial charge in [-0.1, -0.05) is 6.07 Å². The smallest absolute Gasteiger partial charge is 0.255 e. The fourth-order valence-electron chi connectivity index (χ4n) is 4.84. The van der Waals surface area contributed by atoms with E-state index in [-0.39, 0.29) is 5.56 Å². The Morgan fingerprint density at radius 2 is 1.96 bits per heavy atom. The number of pyridine rings is 1. The van der Waals surface area contributed by atoms with Crippen LogP contribution >= 0.6 is 0 Å². The number of nitrogens with zero attached hydrogens (tertiary/aromatic N) is 3. The molecule has 0 aliphatic carbocycles. The lowest BCUT2D eigenvalue weighted by molar-refractivity contribution is 0.00583. The molecule has 0 aromatic carbocycles. The predicted octanol–water partition coefficient (Wildman–Crippen LogP) is 1.51. The van der Waals surface area contributed by atoms with E-state index in [1.165, 1.54) is 12.1 Å². The van der Waals surface area contributed by atoms with E-state index in [0.29, 0.717) is 17.9 Å². The lowest BCUT2D eigenvalue weighted by Gasteiger charge is -2.46. The number of aromatic nitrogens is 1. The van der Waals surface area contributed by atoms with Crippen molar-refractivity contribution in [3.05, 3.63) is 33.7 Å². The van der Waals surface area contributed by atoms with Crippen molar-refractivity contribution in [3.8, 4) is 0 Å². The molecule has 0 radical (unpaired) electrons. The van der Waals surface area contributed by atoms with Crippen molar-refractivity contribution < 1.29 is 4.74 Å². The summed E-state index contributed by atoms with van der Waals surface area (Å²) in [6, 6.07) is 4.95. The molecule has 0 spiro atoms. The molecule has 2 atom stereocenters. The minimum atomic E-state index is 0.232. The van der Waals surface area contributed by atoms with Crippen molar-refractivity contribution >= 4 is 0 Å². The quantitative estimate of drug-likeness (QED) is 0.841. The number of piperidine rings is 1. The monoisotopic (exact) mass is 331 g/mol. The molecule has 5 heteroatoms. The fraction of sp³-hybridized carbons (Fsp3) is 0.737. The zero-order chi connectivity index (χ0) is 16.7. The summed E-state index contributed by atoms with van der Waals surface area (Å²) in [4.78, 5) is 17.6. The largest absolute Gasteiger partial charge is 0.381 e. The first kappa shape index (κ1) is 16.3. The third kappa shape index (κ3) is 3.05. The first-order chi connectivity index (χ1) is 11.6. The van der Waals surface area contributed by atoms with Gasteiger partial charge in [0.1, 0.15) is 0 Å². The van der Waals surface area contributed by atoms with Gasteiger partial charge in [-0.2, -0.15) is 0 Å². The highest BCUT2D eigenvalue weighted by Crippen LogP contribution is 2.37. The summed E-state index contributed by atoms with van der Waals surface area (Å²) in [5, 5.41) is 0. The van der Waals surface area contributed by atoms with Crippen molar-refractivity contribution in [3.63, 3.8) is 0 Å². The van der Waals surface area contributed by atoms with Gasteiger partial charge in [0.15, 0.2) is 0 Å². The van der Waals surface area contributed by atoms with Crippen LogP contribution in [0.5, 0.6) is 0 Å². The second kappa shape index (κ2) is 6.62. The summed E-state index contributed by atoms with van der Waals surface area (Å²) in [6.45, 7) is 5.67. The second-order valence-corrected chi connectivity index (χ2v) is 8.03. The van der Waals surface area contributed by atoms with Crippen molar-refractivity contribution in [2.45, 2.75) is 44.3 Å². The molecule has 0 saturated carbocycles. The molecule has 3 aliphatic rings. The van der Waals surface area contributed by atoms with Gasteiger partial charge in [0.05, 0.1) is 0 Å². The minimum absolute atomic E-state index is 0.232. The molecule has 2 bridgehead atoms. The number of hydrogen-bond donors (Lipinski definition) is 0. The van der Waals surface area contributed by atoms with Crippen LogP contribution in [0.1, 0.15) is 36.4 Å². The molecule has 4 rings (SSSR count). The molecular formula is C19H29N3O2. The number of likely N-dealkylation sites (tertiary alicyclic amines) is 1. The molecule has 1 aromatic rings. The average molecular weight is 331 g/mol. The van der Waals surface area contributed by atoms with Crippen LogP contribution in [0.25, 0.3) is 0 Å². The van der Waals surface area contributed by atoms with E-state index in [1.54, 1.807) is 0 Å². The third-order valence-electron chi connectivity index (χ3n) is 5.91. The van der Waals surface area contributed by atoms with Gasteiger partial charge in [0, 0.05) is 62.6 Å². The number of rotatable bonds is 3. The highest BCUT2D eigenvalue weighted by molar-refractivity contribution is 5.22. The van der Waals surface area contributed by atoms with Gasteiger partial charge in [-0.05, 0) is 45.3 Å². The normalized spacial score (nSPS) is 28.1. The Labute approximate surface area is 144 Å². The summed E-state index contributed by atoms with van der Waals surface area (Å²) in [5.74, 6) is 1.13. The highest BCUT2D eigenvalue weighted by Gasteiger charge is 2.37. The van der Waals surface area contributed by atoms with Crippen LogP contribution in [-0.2, 0) is 17.8 Å². The summed E-state index contributed by atoms with van der Waals surface area (Å²) in [5.41, 5.74) is 2.41. The lowest BCUT2D eigenvalue weighted by Crippen LogP contribution is -2.52. The van der Waals surface area contributed by atoms with Gasteiger partial charge in [-0.15, -0.1) is 0 Å². The SMILES string of the molecule is CN(C)Cc1ccc2n(c1=O)C[C@H]1C[C@@H]2CN(C2CCOCC2)C1. The van der Waals surface area contributed by atoms with Gasteiger partial charge in [0.2, 0.25) is 0 Å². The van der Waals surface area contributed by atoms with Gasteiger partial charge >= 0.3 is 0 Å². The van der Waals surface area contributed by atoms with E-state index < -0.39 is 0 Å². The molecule has 24 heavy (non-hydrogen) atoms. The maximum atomic E-state index is 12.9. The first-order valence-corrected chi connectivity index (χ1v) is 9.31. The molecule has 2 saturated heterocycles. The Hall–Kier alpha value is -1.17. The number of fused-ring (bicyclic) bond motifs is 4. The van der Waals surface area contributed by atoms with Crippen LogP contribution in [0.2, 0.25) is 0 Å². The molecule has 4 heterocycles. The molecule has 1 aromatic heterocycles. The van der Waals surface area contributed by atoms with Gasteiger partial charge in [0.25, 0.3) is 5.56 Å². The van der Waals surface area contributed by atoms with Crippen molar-refractivity contribution in [1.82, 2.24) is 14.4 Å². The highest BCUT2D eigenvalue weighted by atomic mass is 16.5. The Kier molecular flexibility index (Phi) is 4.50. The van der Waals surface area contributed by atoms with Crippen LogP contribution < -0.4 is 5.56 Å². The van der Waals surface area contributed by atoms with E-state index in [9.17, 15) is 4.79 Å². The predicted molar refractivity (Wildman–Crippen MR) is 94.4 cm³/mol. The zero-order valence-electron chi connectivity index (χ0n) is 14.9. The molecule has 3 aliphatic heterocycles. The van der Waals surface area contributed by atoms with Gasteiger partial charge < -0.3 is 14.2 Å². The average Bonchev–Trinajstić information content (AvgIpc) is 2.58. The standard InChI is InChI=1S/C19H29N3O2/c1-20(2)12-15-3-4-18-16-9-14(11-22(18)19(15)23)10-21(13-16)17-5-7-24-8-6-17/h3-4,14,16-17H,5-13H2,1-2H3/t14-,16+/m0/s1. The molecular weight excluding hydrogens is 302 g/mol. The van der Waals surface area contributed by atoms with E-state index in [2.05, 4.69) is 26.5 Å². The molecule has 0 unspecified atom stereocenters. The van der Waals surface area contributed by atoms with E-state index >= 15 is 0 Å². The Morgan fingerprint density at radius 1 is 1.17 bits per heavy atom. The topological polar surface area (TPSA) is 37.7 Å². The van der Waals surface area contributed by atoms with E-state index in [0.717, 1.165) is 57.8 Å². The van der Waals surface area contributed by atoms with E-state index in [4.69, 9.17) is 4.74 Å². The van der Waals surface area contributed by atoms with Crippen LogP contribution in [0.4, 0.5) is 0 Å². The second-order valence-electron chi connectivity index (χ2n) is 8.03. The van der Waals surface area contributed by atoms with E-state index in [1.807, 2.05) is 14.1 Å². The lowest BCUT2D eigenvalue weighted by atomic mass is 9.82. The Balaban J connectivity index is 1.58. The Bertz CT molecular complexity index is 649. The summed E-state index contributed by atoms with van der Waals surface area (Å²) < 4.78 is 7.61. The number of hydrogen-bond acceptors (Lipinski definition) is 4. The minimum Gasteiger partial charge on any atom is -0.381 e. The third-order valence-corrected chi connectivity index (χ3v) is 5.91. The van der Waals surface area contributed by atoms with Crippen LogP contribution in [0.3, 0.4) is 0 Å². The molecule has 0 amide bonds. The van der Waals surface area contributed by atoms with Crippen molar-refractivity contribution in [2.75, 3.05) is 40.4 Å². The van der Waals surface area contributed by atoms with Crippen molar-refractivity contribution in [2.24, 2.45) is 5.92 Å². The van der Waals surface area contributed by atoms with Crippen LogP contribution in [-0.4, -0.2) is 60.8 Å². The fourth-order valence-corrected chi connectivity index (χ4v) is 4.84. The van der Waals surface area contributed by atoms with Crippen molar-refractivity contribution in [1.29, 1.82) is 0 Å². The molecule has 0 N–H and O–H groups in total. The van der Waals surface area contributed by atoms with Gasteiger partial charge in [-0.3, -0.25) is 9.69 Å². The van der Waals surface area contributed by atoms with Crippen LogP contribution in [0, 0.1) is 5.92 Å². The van der Waals surface area contributed by atoms with Crippen LogP contribution in [0.15, 0.2) is 16.9 Å². The molecule has 132 valence electrons. The maximum Gasteiger partial charge on any atom is 0.255 e. The maximum absolute atomic E-state index is 12.9. The summed E-state index contributed by atoms with van der Waals surface area (Å²) in [7, 11) is 4.04. The van der Waals surface area contributed by atoms with Gasteiger partial charge in [-0.25, -0.2) is 0 Å². The summed E-state index contributed by atoms with van der Waals surface area (Å²) in [6.07, 6.45) is 3.56.